The van der Waals surface area contributed by atoms with Crippen LogP contribution in [-0.4, -0.2) is 44.3 Å². The Labute approximate surface area is 246 Å². The predicted octanol–water partition coefficient (Wildman–Crippen LogP) is 5.31. The Hall–Kier alpha value is -4.14. The Bertz CT molecular complexity index is 1550. The van der Waals surface area contributed by atoms with Crippen LogP contribution in [0.15, 0.2) is 120 Å². The van der Waals surface area contributed by atoms with E-state index in [-0.39, 0.29) is 23.8 Å². The topological polar surface area (TPSA) is 86.8 Å². The summed E-state index contributed by atoms with van der Waals surface area (Å²) in [6.45, 7) is 1.68. The van der Waals surface area contributed by atoms with E-state index in [9.17, 15) is 18.0 Å². The molecule has 0 bridgehead atoms. The highest BCUT2D eigenvalue weighted by Gasteiger charge is 2.34. The molecule has 4 aromatic carbocycles. The molecule has 0 spiro atoms. The molecule has 1 atom stereocenters. The van der Waals surface area contributed by atoms with Crippen molar-refractivity contribution in [1.82, 2.24) is 10.2 Å². The van der Waals surface area contributed by atoms with Gasteiger partial charge in [0.05, 0.1) is 10.6 Å². The molecule has 0 aliphatic heterocycles. The van der Waals surface area contributed by atoms with Gasteiger partial charge in [-0.3, -0.25) is 13.9 Å². The van der Waals surface area contributed by atoms with Gasteiger partial charge in [-0.1, -0.05) is 96.5 Å². The van der Waals surface area contributed by atoms with Crippen molar-refractivity contribution in [2.24, 2.45) is 0 Å². The molecule has 0 saturated heterocycles. The van der Waals surface area contributed by atoms with E-state index < -0.39 is 28.5 Å². The summed E-state index contributed by atoms with van der Waals surface area (Å²) >= 11 is 6.49. The van der Waals surface area contributed by atoms with Crippen molar-refractivity contribution in [3.05, 3.63) is 131 Å². The molecular weight excluding hydrogens is 558 g/mol. The first-order valence-electron chi connectivity index (χ1n) is 13.3. The first kappa shape index (κ1) is 29.8. The lowest BCUT2D eigenvalue weighted by Gasteiger charge is -2.34. The van der Waals surface area contributed by atoms with Crippen LogP contribution in [0.1, 0.15) is 18.1 Å². The second-order valence-corrected chi connectivity index (χ2v) is 11.6. The molecular formula is C32H32ClN3O4S. The summed E-state index contributed by atoms with van der Waals surface area (Å²) in [5.41, 5.74) is 1.83. The molecule has 0 radical (unpaired) electrons. The fourth-order valence-corrected chi connectivity index (χ4v) is 6.13. The summed E-state index contributed by atoms with van der Waals surface area (Å²) < 4.78 is 28.8. The third-order valence-electron chi connectivity index (χ3n) is 6.57. The van der Waals surface area contributed by atoms with Gasteiger partial charge in [0, 0.05) is 24.5 Å². The highest BCUT2D eigenvalue weighted by atomic mass is 35.5. The van der Waals surface area contributed by atoms with Crippen molar-refractivity contribution in [3.8, 4) is 0 Å². The van der Waals surface area contributed by atoms with Crippen molar-refractivity contribution in [3.63, 3.8) is 0 Å². The molecule has 212 valence electrons. The highest BCUT2D eigenvalue weighted by Crippen LogP contribution is 2.25. The van der Waals surface area contributed by atoms with Gasteiger partial charge < -0.3 is 10.2 Å². The summed E-state index contributed by atoms with van der Waals surface area (Å²) in [4.78, 5) is 29.2. The van der Waals surface area contributed by atoms with Gasteiger partial charge >= 0.3 is 0 Å². The van der Waals surface area contributed by atoms with Crippen molar-refractivity contribution in [2.45, 2.75) is 30.8 Å². The summed E-state index contributed by atoms with van der Waals surface area (Å²) in [5, 5.41) is 3.29. The number of nitrogens with one attached hydrogen (secondary N) is 1. The summed E-state index contributed by atoms with van der Waals surface area (Å²) in [6, 6.07) is 32.0. The van der Waals surface area contributed by atoms with E-state index in [1.54, 1.807) is 79.7 Å². The number of carbonyl (C=O) groups is 2. The van der Waals surface area contributed by atoms with E-state index in [0.717, 1.165) is 9.87 Å². The second kappa shape index (κ2) is 14.0. The molecule has 4 rings (SSSR count). The number of anilines is 1. The third-order valence-corrected chi connectivity index (χ3v) is 8.73. The van der Waals surface area contributed by atoms with Gasteiger partial charge in [-0.15, -0.1) is 0 Å². The van der Waals surface area contributed by atoms with E-state index in [1.165, 1.54) is 17.0 Å². The van der Waals surface area contributed by atoms with E-state index in [1.807, 2.05) is 30.3 Å². The summed E-state index contributed by atoms with van der Waals surface area (Å²) in [7, 11) is -4.12. The molecule has 1 unspecified atom stereocenters. The number of amides is 2. The van der Waals surface area contributed by atoms with Gasteiger partial charge in [-0.05, 0) is 48.4 Å². The van der Waals surface area contributed by atoms with Crippen molar-refractivity contribution in [1.29, 1.82) is 0 Å². The van der Waals surface area contributed by atoms with Crippen LogP contribution in [0.3, 0.4) is 0 Å². The van der Waals surface area contributed by atoms with E-state index in [2.05, 4.69) is 5.32 Å². The van der Waals surface area contributed by atoms with E-state index >= 15 is 0 Å². The average Bonchev–Trinajstić information content (AvgIpc) is 3.00. The minimum atomic E-state index is -4.12. The Morgan fingerprint density at radius 2 is 1.37 bits per heavy atom. The average molecular weight is 590 g/mol. The standard InChI is InChI=1S/C32H32ClN3O4S/c1-2-34-32(38)30(22-25-14-6-3-7-15-25)35(23-26-16-12-13-21-29(26)33)31(37)24-36(27-17-8-4-9-18-27)41(39,40)28-19-10-5-11-20-28/h3-21,30H,2,22-24H2,1H3,(H,34,38). The van der Waals surface area contributed by atoms with Gasteiger partial charge in [0.25, 0.3) is 10.0 Å². The minimum Gasteiger partial charge on any atom is -0.355 e. The number of halogens is 1. The zero-order valence-corrected chi connectivity index (χ0v) is 24.3. The number of rotatable bonds is 12. The van der Waals surface area contributed by atoms with Gasteiger partial charge in [0.2, 0.25) is 11.8 Å². The quantitative estimate of drug-likeness (QED) is 0.243. The molecule has 1 N–H and O–H groups in total. The lowest BCUT2D eigenvalue weighted by atomic mass is 10.0. The predicted molar refractivity (Wildman–Crippen MR) is 162 cm³/mol. The van der Waals surface area contributed by atoms with Crippen LogP contribution in [0, 0.1) is 0 Å². The molecule has 0 heterocycles. The van der Waals surface area contributed by atoms with Crippen LogP contribution in [0.25, 0.3) is 0 Å². The molecule has 2 amide bonds. The Morgan fingerprint density at radius 1 is 0.805 bits per heavy atom. The first-order valence-corrected chi connectivity index (χ1v) is 15.1. The first-order chi connectivity index (χ1) is 19.8. The zero-order valence-electron chi connectivity index (χ0n) is 22.7. The Kier molecular flexibility index (Phi) is 10.2. The lowest BCUT2D eigenvalue weighted by Crippen LogP contribution is -2.53. The van der Waals surface area contributed by atoms with Crippen LogP contribution in [0.5, 0.6) is 0 Å². The van der Waals surface area contributed by atoms with Crippen molar-refractivity contribution >= 4 is 39.1 Å². The molecule has 9 heteroatoms. The van der Waals surface area contributed by atoms with Crippen molar-refractivity contribution < 1.29 is 18.0 Å². The number of hydrogen-bond donors (Lipinski definition) is 1. The molecule has 0 saturated carbocycles. The van der Waals surface area contributed by atoms with Crippen LogP contribution < -0.4 is 9.62 Å². The highest BCUT2D eigenvalue weighted by molar-refractivity contribution is 7.92. The number of likely N-dealkylation sites (N-methyl/N-ethyl adjacent to an activating group) is 1. The third kappa shape index (κ3) is 7.54. The lowest BCUT2D eigenvalue weighted by molar-refractivity contribution is -0.140. The maximum atomic E-state index is 14.3. The van der Waals surface area contributed by atoms with E-state index in [4.69, 9.17) is 11.6 Å². The van der Waals surface area contributed by atoms with Crippen LogP contribution in [0.2, 0.25) is 5.02 Å². The fraction of sp³-hybridized carbons (Fsp3) is 0.188. The van der Waals surface area contributed by atoms with Crippen LogP contribution in [0.4, 0.5) is 5.69 Å². The molecule has 0 aromatic heterocycles. The molecule has 41 heavy (non-hydrogen) atoms. The molecule has 0 aliphatic rings. The Balaban J connectivity index is 1.78. The maximum Gasteiger partial charge on any atom is 0.264 e. The maximum absolute atomic E-state index is 14.3. The number of carbonyl (C=O) groups excluding carboxylic acids is 2. The molecule has 0 fully saturated rings. The minimum absolute atomic E-state index is 0.0150. The fourth-order valence-electron chi connectivity index (χ4n) is 4.50. The number of benzene rings is 4. The van der Waals surface area contributed by atoms with Crippen LogP contribution in [-0.2, 0) is 32.6 Å². The number of hydrogen-bond acceptors (Lipinski definition) is 4. The van der Waals surface area contributed by atoms with Crippen LogP contribution >= 0.6 is 11.6 Å². The van der Waals surface area contributed by atoms with Gasteiger partial charge in [-0.2, -0.15) is 0 Å². The largest absolute Gasteiger partial charge is 0.355 e. The number of para-hydroxylation sites is 1. The normalized spacial score (nSPS) is 11.9. The second-order valence-electron chi connectivity index (χ2n) is 9.37. The number of sulfonamides is 1. The molecule has 4 aromatic rings. The molecule has 7 nitrogen and oxygen atoms in total. The van der Waals surface area contributed by atoms with Gasteiger partial charge in [0.15, 0.2) is 0 Å². The SMILES string of the molecule is CCNC(=O)C(Cc1ccccc1)N(Cc1ccccc1Cl)C(=O)CN(c1ccccc1)S(=O)(=O)c1ccccc1. The van der Waals surface area contributed by atoms with Gasteiger partial charge in [0.1, 0.15) is 12.6 Å². The van der Waals surface area contributed by atoms with Crippen molar-refractivity contribution in [2.75, 3.05) is 17.4 Å². The Morgan fingerprint density at radius 3 is 1.98 bits per heavy atom. The summed E-state index contributed by atoms with van der Waals surface area (Å²) in [5.74, 6) is -0.880. The zero-order chi connectivity index (χ0) is 29.2. The molecule has 0 aliphatic carbocycles. The van der Waals surface area contributed by atoms with Gasteiger partial charge in [-0.25, -0.2) is 8.42 Å². The van der Waals surface area contributed by atoms with E-state index in [0.29, 0.717) is 22.8 Å². The smallest absolute Gasteiger partial charge is 0.264 e. The summed E-state index contributed by atoms with van der Waals surface area (Å²) in [6.07, 6.45) is 0.236. The monoisotopic (exact) mass is 589 g/mol. The number of nitrogens with zero attached hydrogens (tertiary/aromatic N) is 2.